The number of benzene rings is 1. The molecule has 0 spiro atoms. The predicted molar refractivity (Wildman–Crippen MR) is 72.3 cm³/mol. The van der Waals surface area contributed by atoms with Gasteiger partial charge < -0.3 is 0 Å². The van der Waals surface area contributed by atoms with Gasteiger partial charge in [0.15, 0.2) is 0 Å². The molecule has 0 bridgehead atoms. The van der Waals surface area contributed by atoms with Crippen LogP contribution in [-0.4, -0.2) is 33.6 Å². The molecule has 0 saturated heterocycles. The third kappa shape index (κ3) is 6.15. The summed E-state index contributed by atoms with van der Waals surface area (Å²) in [5, 5.41) is 0. The summed E-state index contributed by atoms with van der Waals surface area (Å²) in [5.41, 5.74) is 0.715. The minimum atomic E-state index is -3.87. The topological polar surface area (TPSA) is 80.8 Å². The molecule has 19 heavy (non-hydrogen) atoms. The zero-order valence-corrected chi connectivity index (χ0v) is 12.3. The summed E-state index contributed by atoms with van der Waals surface area (Å²) in [6.07, 6.45) is 0.543. The van der Waals surface area contributed by atoms with Crippen molar-refractivity contribution in [2.24, 2.45) is 0 Å². The molecule has 1 rings (SSSR count). The largest absolute Gasteiger partial charge is 0.281 e. The van der Waals surface area contributed by atoms with Gasteiger partial charge in [-0.1, -0.05) is 37.3 Å². The first-order valence-electron chi connectivity index (χ1n) is 5.75. The van der Waals surface area contributed by atoms with Crippen molar-refractivity contribution in [2.45, 2.75) is 19.9 Å². The van der Waals surface area contributed by atoms with Crippen molar-refractivity contribution in [1.29, 1.82) is 0 Å². The van der Waals surface area contributed by atoms with E-state index >= 15 is 0 Å². The Morgan fingerprint density at radius 2 is 1.84 bits per heavy atom. The maximum Gasteiger partial charge on any atom is 0.281 e. The van der Waals surface area contributed by atoms with Crippen molar-refractivity contribution in [2.75, 3.05) is 12.5 Å². The standard InChI is InChI=1S/C11H17NO5S2/c1-2-8-17-19(15,16)10-12(18(13)14)9-11-6-4-3-5-7-11/h3-7,18H,2,8-10H2,1H3. The zero-order valence-electron chi connectivity index (χ0n) is 10.6. The van der Waals surface area contributed by atoms with E-state index in [-0.39, 0.29) is 13.2 Å². The quantitative estimate of drug-likeness (QED) is 0.565. The smallest absolute Gasteiger partial charge is 0.269 e. The molecule has 0 amide bonds. The highest BCUT2D eigenvalue weighted by Gasteiger charge is 2.19. The highest BCUT2D eigenvalue weighted by Crippen LogP contribution is 2.07. The Morgan fingerprint density at radius 1 is 1.21 bits per heavy atom. The number of nitrogens with zero attached hydrogens (tertiary/aromatic N) is 1. The molecule has 0 aliphatic carbocycles. The summed E-state index contributed by atoms with van der Waals surface area (Å²) in [6.45, 7) is 1.83. The Kier molecular flexibility index (Phi) is 6.43. The molecule has 0 aliphatic rings. The first-order chi connectivity index (χ1) is 8.94. The summed E-state index contributed by atoms with van der Waals surface area (Å²) in [4.78, 5) is 0. The molecular weight excluding hydrogens is 290 g/mol. The maximum absolute atomic E-state index is 11.6. The van der Waals surface area contributed by atoms with Crippen molar-refractivity contribution in [3.05, 3.63) is 35.9 Å². The van der Waals surface area contributed by atoms with E-state index in [1.807, 2.05) is 0 Å². The van der Waals surface area contributed by atoms with Crippen LogP contribution in [0.15, 0.2) is 30.3 Å². The van der Waals surface area contributed by atoms with Crippen molar-refractivity contribution in [3.8, 4) is 0 Å². The summed E-state index contributed by atoms with van der Waals surface area (Å²) in [5.74, 6) is -0.666. The van der Waals surface area contributed by atoms with Crippen LogP contribution < -0.4 is 0 Å². The van der Waals surface area contributed by atoms with E-state index in [2.05, 4.69) is 4.18 Å². The lowest BCUT2D eigenvalue weighted by Gasteiger charge is -2.15. The second-order valence-corrected chi connectivity index (χ2v) is 6.55. The molecule has 0 unspecified atom stereocenters. The van der Waals surface area contributed by atoms with E-state index in [1.165, 1.54) is 0 Å². The van der Waals surface area contributed by atoms with Crippen LogP contribution >= 0.6 is 0 Å². The lowest BCUT2D eigenvalue weighted by molar-refractivity contribution is 0.307. The summed E-state index contributed by atoms with van der Waals surface area (Å²) in [6, 6.07) is 8.77. The van der Waals surface area contributed by atoms with Gasteiger partial charge in [-0.15, -0.1) is 0 Å². The van der Waals surface area contributed by atoms with E-state index < -0.39 is 26.9 Å². The average Bonchev–Trinajstić information content (AvgIpc) is 2.36. The number of thiol groups is 1. The van der Waals surface area contributed by atoms with Gasteiger partial charge in [-0.05, 0) is 12.0 Å². The van der Waals surface area contributed by atoms with E-state index in [4.69, 9.17) is 0 Å². The first kappa shape index (κ1) is 16.1. The third-order valence-corrected chi connectivity index (χ3v) is 4.30. The molecule has 0 aliphatic heterocycles. The van der Waals surface area contributed by atoms with Gasteiger partial charge in [0.25, 0.3) is 10.1 Å². The molecule has 0 fully saturated rings. The Hall–Kier alpha value is -0.960. The van der Waals surface area contributed by atoms with E-state index in [0.29, 0.717) is 12.0 Å². The van der Waals surface area contributed by atoms with Crippen LogP contribution in [0.1, 0.15) is 18.9 Å². The molecule has 0 heterocycles. The SMILES string of the molecule is CCCOS(=O)(=O)CN(Cc1ccccc1)[SH](=O)=O. The Balaban J connectivity index is 2.74. The molecule has 8 heteroatoms. The average molecular weight is 307 g/mol. The second kappa shape index (κ2) is 7.59. The van der Waals surface area contributed by atoms with Gasteiger partial charge in [0.2, 0.25) is 10.9 Å². The van der Waals surface area contributed by atoms with Crippen LogP contribution in [0.4, 0.5) is 0 Å². The van der Waals surface area contributed by atoms with Gasteiger partial charge in [-0.3, -0.25) is 4.18 Å². The third-order valence-electron chi connectivity index (χ3n) is 2.21. The summed E-state index contributed by atoms with van der Waals surface area (Å²) < 4.78 is 50.8. The fourth-order valence-electron chi connectivity index (χ4n) is 1.37. The predicted octanol–water partition coefficient (Wildman–Crippen LogP) is 0.729. The lowest BCUT2D eigenvalue weighted by Crippen LogP contribution is -2.29. The monoisotopic (exact) mass is 307 g/mol. The Bertz CT molecular complexity index is 546. The van der Waals surface area contributed by atoms with Crippen LogP contribution in [0, 0.1) is 0 Å². The van der Waals surface area contributed by atoms with Gasteiger partial charge in [-0.25, -0.2) is 8.42 Å². The molecule has 0 N–H and O–H groups in total. The molecule has 6 nitrogen and oxygen atoms in total. The summed E-state index contributed by atoms with van der Waals surface area (Å²) in [7, 11) is -6.86. The molecule has 0 radical (unpaired) electrons. The zero-order chi connectivity index (χ0) is 14.3. The van der Waals surface area contributed by atoms with Crippen LogP contribution in [0.25, 0.3) is 0 Å². The molecule has 108 valence electrons. The molecule has 0 aromatic heterocycles. The van der Waals surface area contributed by atoms with Gasteiger partial charge >= 0.3 is 0 Å². The fraction of sp³-hybridized carbons (Fsp3) is 0.455. The first-order valence-corrected chi connectivity index (χ1v) is 8.45. The van der Waals surface area contributed by atoms with Crippen LogP contribution in [-0.2, 0) is 31.7 Å². The van der Waals surface area contributed by atoms with E-state index in [0.717, 1.165) is 4.31 Å². The maximum atomic E-state index is 11.6. The highest BCUT2D eigenvalue weighted by molar-refractivity contribution is 7.87. The molecular formula is C11H17NO5S2. The molecule has 0 atom stereocenters. The van der Waals surface area contributed by atoms with Crippen molar-refractivity contribution in [1.82, 2.24) is 4.31 Å². The minimum Gasteiger partial charge on any atom is -0.269 e. The van der Waals surface area contributed by atoms with Gasteiger partial charge in [-0.2, -0.15) is 12.7 Å². The molecule has 0 saturated carbocycles. The van der Waals surface area contributed by atoms with E-state index in [9.17, 15) is 16.8 Å². The van der Waals surface area contributed by atoms with Crippen LogP contribution in [0.2, 0.25) is 0 Å². The van der Waals surface area contributed by atoms with Gasteiger partial charge in [0.1, 0.15) is 5.88 Å². The minimum absolute atomic E-state index is 0.00819. The van der Waals surface area contributed by atoms with Crippen molar-refractivity contribution >= 4 is 21.0 Å². The van der Waals surface area contributed by atoms with Crippen LogP contribution in [0.5, 0.6) is 0 Å². The van der Waals surface area contributed by atoms with E-state index in [1.54, 1.807) is 37.3 Å². The normalized spacial score (nSPS) is 12.2. The van der Waals surface area contributed by atoms with Crippen molar-refractivity contribution in [3.63, 3.8) is 0 Å². The van der Waals surface area contributed by atoms with Crippen molar-refractivity contribution < 1.29 is 21.0 Å². The molecule has 1 aromatic carbocycles. The number of hydrogen-bond donors (Lipinski definition) is 1. The Labute approximate surface area is 115 Å². The van der Waals surface area contributed by atoms with Crippen LogP contribution in [0.3, 0.4) is 0 Å². The highest BCUT2D eigenvalue weighted by atomic mass is 32.2. The fourth-order valence-corrected chi connectivity index (χ4v) is 3.41. The number of hydrogen-bond acceptors (Lipinski definition) is 5. The van der Waals surface area contributed by atoms with Gasteiger partial charge in [0, 0.05) is 6.54 Å². The second-order valence-electron chi connectivity index (χ2n) is 3.90. The molecule has 1 aromatic rings. The lowest BCUT2D eigenvalue weighted by atomic mass is 10.2. The number of rotatable bonds is 8. The van der Waals surface area contributed by atoms with Gasteiger partial charge in [0.05, 0.1) is 6.61 Å². The Morgan fingerprint density at radius 3 is 2.37 bits per heavy atom. The summed E-state index contributed by atoms with van der Waals surface area (Å²) >= 11 is 0.